The van der Waals surface area contributed by atoms with Crippen LogP contribution in [0.5, 0.6) is 0 Å². The van der Waals surface area contributed by atoms with Crippen molar-refractivity contribution < 1.29 is 0 Å². The molecule has 1 aromatic carbocycles. The van der Waals surface area contributed by atoms with E-state index in [1.165, 1.54) is 27.5 Å². The first-order valence-electron chi connectivity index (χ1n) is 7.53. The molecule has 0 spiro atoms. The van der Waals surface area contributed by atoms with Crippen LogP contribution in [-0.2, 0) is 11.8 Å². The maximum absolute atomic E-state index is 4.14. The Morgan fingerprint density at radius 2 is 1.86 bits per heavy atom. The molecule has 1 N–H and O–H groups in total. The quantitative estimate of drug-likeness (QED) is 0.906. The predicted octanol–water partition coefficient (Wildman–Crippen LogP) is 4.04. The Morgan fingerprint density at radius 3 is 2.33 bits per heavy atom. The second kappa shape index (κ2) is 6.67. The summed E-state index contributed by atoms with van der Waals surface area (Å²) in [6, 6.07) is 9.28. The summed E-state index contributed by atoms with van der Waals surface area (Å²) in [7, 11) is 0. The first kappa shape index (κ1) is 16.1. The first-order chi connectivity index (χ1) is 9.91. The molecule has 2 aromatic rings. The molecular formula is C17H25N3S. The van der Waals surface area contributed by atoms with Crippen molar-refractivity contribution in [3.63, 3.8) is 0 Å². The highest BCUT2D eigenvalue weighted by Gasteiger charge is 2.18. The van der Waals surface area contributed by atoms with Gasteiger partial charge in [0.05, 0.1) is 10.6 Å². The van der Waals surface area contributed by atoms with Crippen LogP contribution >= 0.6 is 11.5 Å². The smallest absolute Gasteiger partial charge is 0.0772 e. The lowest BCUT2D eigenvalue weighted by Gasteiger charge is -2.20. The van der Waals surface area contributed by atoms with Gasteiger partial charge in [0.1, 0.15) is 0 Å². The van der Waals surface area contributed by atoms with Crippen molar-refractivity contribution in [2.45, 2.75) is 52.5 Å². The number of nitrogens with zero attached hydrogens (tertiary/aromatic N) is 2. The van der Waals surface area contributed by atoms with Crippen LogP contribution in [0.15, 0.2) is 24.3 Å². The van der Waals surface area contributed by atoms with Gasteiger partial charge in [-0.05, 0) is 48.0 Å². The maximum Gasteiger partial charge on any atom is 0.0772 e. The summed E-state index contributed by atoms with van der Waals surface area (Å²) >= 11 is 1.50. The number of hydrogen-bond acceptors (Lipinski definition) is 4. The average Bonchev–Trinajstić information content (AvgIpc) is 2.84. The molecule has 114 valence electrons. The molecule has 1 aromatic heterocycles. The number of aryl methyl sites for hydroxylation is 1. The van der Waals surface area contributed by atoms with Crippen molar-refractivity contribution in [1.82, 2.24) is 14.9 Å². The van der Waals surface area contributed by atoms with E-state index in [0.29, 0.717) is 6.04 Å². The van der Waals surface area contributed by atoms with Gasteiger partial charge < -0.3 is 5.32 Å². The van der Waals surface area contributed by atoms with Gasteiger partial charge in [-0.15, -0.1) is 5.10 Å². The highest BCUT2D eigenvalue weighted by molar-refractivity contribution is 7.05. The SMILES string of the molecule is CCNC(Cc1ccc(C(C)(C)C)cc1)c1snnc1C. The van der Waals surface area contributed by atoms with E-state index in [2.05, 4.69) is 66.9 Å². The Morgan fingerprint density at radius 1 is 1.19 bits per heavy atom. The van der Waals surface area contributed by atoms with Gasteiger partial charge in [-0.3, -0.25) is 0 Å². The number of likely N-dealkylation sites (N-methyl/N-ethyl adjacent to an activating group) is 1. The van der Waals surface area contributed by atoms with E-state index < -0.39 is 0 Å². The van der Waals surface area contributed by atoms with Crippen molar-refractivity contribution >= 4 is 11.5 Å². The fourth-order valence-corrected chi connectivity index (χ4v) is 3.16. The molecule has 0 aliphatic carbocycles. The molecule has 0 amide bonds. The Labute approximate surface area is 132 Å². The van der Waals surface area contributed by atoms with Crippen molar-refractivity contribution in [1.29, 1.82) is 0 Å². The van der Waals surface area contributed by atoms with Crippen molar-refractivity contribution in [3.8, 4) is 0 Å². The van der Waals surface area contributed by atoms with Crippen LogP contribution < -0.4 is 5.32 Å². The van der Waals surface area contributed by atoms with Gasteiger partial charge in [-0.25, -0.2) is 0 Å². The Kier molecular flexibility index (Phi) is 5.12. The van der Waals surface area contributed by atoms with Crippen LogP contribution in [0.4, 0.5) is 0 Å². The standard InChI is InChI=1S/C17H25N3S/c1-6-18-15(16-12(2)19-20-21-16)11-13-7-9-14(10-8-13)17(3,4)5/h7-10,15,18H,6,11H2,1-5H3. The second-order valence-electron chi connectivity index (χ2n) is 6.48. The highest BCUT2D eigenvalue weighted by Crippen LogP contribution is 2.26. The fourth-order valence-electron chi connectivity index (χ4n) is 2.44. The normalized spacial score (nSPS) is 13.4. The Balaban J connectivity index is 2.16. The molecule has 4 heteroatoms. The number of benzene rings is 1. The van der Waals surface area contributed by atoms with E-state index >= 15 is 0 Å². The maximum atomic E-state index is 4.14. The van der Waals surface area contributed by atoms with Crippen LogP contribution in [0.25, 0.3) is 0 Å². The summed E-state index contributed by atoms with van der Waals surface area (Å²) in [4.78, 5) is 1.25. The van der Waals surface area contributed by atoms with Crippen LogP contribution in [0.1, 0.15) is 55.4 Å². The van der Waals surface area contributed by atoms with Crippen molar-refractivity contribution in [2.24, 2.45) is 0 Å². The molecule has 0 fully saturated rings. The molecular weight excluding hydrogens is 278 g/mol. The van der Waals surface area contributed by atoms with Gasteiger partial charge >= 0.3 is 0 Å². The Bertz CT molecular complexity index is 566. The average molecular weight is 303 g/mol. The number of nitrogens with one attached hydrogen (secondary N) is 1. The van der Waals surface area contributed by atoms with E-state index in [1.807, 2.05) is 6.92 Å². The summed E-state index contributed by atoms with van der Waals surface area (Å²) in [6.45, 7) is 11.9. The van der Waals surface area contributed by atoms with Crippen LogP contribution in [0.2, 0.25) is 0 Å². The van der Waals surface area contributed by atoms with E-state index in [4.69, 9.17) is 0 Å². The topological polar surface area (TPSA) is 37.8 Å². The third-order valence-corrected chi connectivity index (χ3v) is 4.65. The summed E-state index contributed by atoms with van der Waals surface area (Å²) in [5, 5.41) is 7.69. The molecule has 21 heavy (non-hydrogen) atoms. The Hall–Kier alpha value is -1.26. The van der Waals surface area contributed by atoms with Crippen LogP contribution in [-0.4, -0.2) is 16.1 Å². The van der Waals surface area contributed by atoms with Crippen molar-refractivity contribution in [2.75, 3.05) is 6.54 Å². The zero-order valence-electron chi connectivity index (χ0n) is 13.6. The number of aromatic nitrogens is 2. The van der Waals surface area contributed by atoms with Crippen LogP contribution in [0.3, 0.4) is 0 Å². The van der Waals surface area contributed by atoms with Crippen molar-refractivity contribution in [3.05, 3.63) is 46.0 Å². The van der Waals surface area contributed by atoms with E-state index in [9.17, 15) is 0 Å². The van der Waals surface area contributed by atoms with Gasteiger partial charge in [0.25, 0.3) is 0 Å². The zero-order valence-corrected chi connectivity index (χ0v) is 14.4. The molecule has 0 saturated heterocycles. The van der Waals surface area contributed by atoms with Gasteiger partial charge in [-0.1, -0.05) is 56.4 Å². The van der Waals surface area contributed by atoms with Gasteiger partial charge in [0, 0.05) is 6.04 Å². The molecule has 0 saturated carbocycles. The van der Waals surface area contributed by atoms with Gasteiger partial charge in [0.2, 0.25) is 0 Å². The minimum absolute atomic E-state index is 0.206. The molecule has 0 bridgehead atoms. The highest BCUT2D eigenvalue weighted by atomic mass is 32.1. The first-order valence-corrected chi connectivity index (χ1v) is 8.30. The third-order valence-electron chi connectivity index (χ3n) is 3.71. The molecule has 1 heterocycles. The van der Waals surface area contributed by atoms with E-state index in [1.54, 1.807) is 0 Å². The second-order valence-corrected chi connectivity index (χ2v) is 7.27. The minimum atomic E-state index is 0.206. The molecule has 1 unspecified atom stereocenters. The lowest BCUT2D eigenvalue weighted by Crippen LogP contribution is -2.23. The number of hydrogen-bond donors (Lipinski definition) is 1. The summed E-state index contributed by atoms with van der Waals surface area (Å²) < 4.78 is 4.06. The van der Waals surface area contributed by atoms with Gasteiger partial charge in [-0.2, -0.15) is 0 Å². The molecule has 0 aliphatic heterocycles. The lowest BCUT2D eigenvalue weighted by atomic mass is 9.86. The van der Waals surface area contributed by atoms with E-state index in [-0.39, 0.29) is 5.41 Å². The van der Waals surface area contributed by atoms with Crippen LogP contribution in [0, 0.1) is 6.92 Å². The molecule has 0 aliphatic rings. The molecule has 3 nitrogen and oxygen atoms in total. The largest absolute Gasteiger partial charge is 0.309 e. The monoisotopic (exact) mass is 303 g/mol. The zero-order chi connectivity index (χ0) is 15.5. The molecule has 2 rings (SSSR count). The summed E-state index contributed by atoms with van der Waals surface area (Å²) in [5.41, 5.74) is 3.97. The minimum Gasteiger partial charge on any atom is -0.309 e. The van der Waals surface area contributed by atoms with E-state index in [0.717, 1.165) is 18.7 Å². The lowest BCUT2D eigenvalue weighted by molar-refractivity contribution is 0.553. The summed E-state index contributed by atoms with van der Waals surface area (Å²) in [5.74, 6) is 0. The third kappa shape index (κ3) is 4.11. The molecule has 1 atom stereocenters. The number of rotatable bonds is 5. The van der Waals surface area contributed by atoms with Gasteiger partial charge in [0.15, 0.2) is 0 Å². The fraction of sp³-hybridized carbons (Fsp3) is 0.529. The predicted molar refractivity (Wildman–Crippen MR) is 89.9 cm³/mol. The summed E-state index contributed by atoms with van der Waals surface area (Å²) in [6.07, 6.45) is 0.975. The molecule has 0 radical (unpaired) electrons.